The predicted molar refractivity (Wildman–Crippen MR) is 101 cm³/mol. The number of ether oxygens (including phenoxy) is 1. The Morgan fingerprint density at radius 3 is 2.50 bits per heavy atom. The molecule has 0 bridgehead atoms. The molecule has 1 aliphatic rings. The molecule has 1 amide bonds. The van der Waals surface area contributed by atoms with Crippen molar-refractivity contribution in [3.8, 4) is 5.75 Å². The van der Waals surface area contributed by atoms with Gasteiger partial charge in [0, 0.05) is 11.4 Å². The first-order valence-electron chi connectivity index (χ1n) is 9.00. The fourth-order valence-electron chi connectivity index (χ4n) is 2.93. The molecule has 0 radical (unpaired) electrons. The van der Waals surface area contributed by atoms with Gasteiger partial charge >= 0.3 is 0 Å². The first-order chi connectivity index (χ1) is 11.7. The predicted octanol–water partition coefficient (Wildman–Crippen LogP) is 3.56. The van der Waals surface area contributed by atoms with Crippen LogP contribution in [0.2, 0.25) is 0 Å². The van der Waals surface area contributed by atoms with Crippen LogP contribution in [0.1, 0.15) is 39.0 Å². The smallest absolute Gasteiger partial charge is 0.233 e. The van der Waals surface area contributed by atoms with Gasteiger partial charge in [-0.1, -0.05) is 12.8 Å². The Morgan fingerprint density at radius 1 is 1.21 bits per heavy atom. The van der Waals surface area contributed by atoms with Gasteiger partial charge in [0.1, 0.15) is 5.75 Å². The molecule has 1 aromatic rings. The van der Waals surface area contributed by atoms with E-state index in [1.165, 1.54) is 38.8 Å². The highest BCUT2D eigenvalue weighted by Crippen LogP contribution is 2.25. The number of rotatable bonds is 8. The number of amides is 1. The summed E-state index contributed by atoms with van der Waals surface area (Å²) in [6.07, 6.45) is 6.41. The van der Waals surface area contributed by atoms with Crippen molar-refractivity contribution in [3.05, 3.63) is 24.3 Å². The molecule has 2 rings (SSSR count). The van der Waals surface area contributed by atoms with Crippen molar-refractivity contribution in [1.82, 2.24) is 10.2 Å². The lowest BCUT2D eigenvalue weighted by Crippen LogP contribution is -2.34. The third-order valence-electron chi connectivity index (χ3n) is 4.39. The van der Waals surface area contributed by atoms with Crippen molar-refractivity contribution >= 4 is 17.7 Å². The Labute approximate surface area is 150 Å². The standard InChI is InChI=1S/C19H30N2O2S/c1-16(24-18-10-8-17(23-2)9-11-18)19(22)20-12-7-15-21-13-5-3-4-6-14-21/h8-11,16H,3-7,12-15H2,1-2H3,(H,20,22). The molecule has 1 unspecified atom stereocenters. The number of hydrogen-bond donors (Lipinski definition) is 1. The van der Waals surface area contributed by atoms with Gasteiger partial charge in [-0.15, -0.1) is 11.8 Å². The highest BCUT2D eigenvalue weighted by Gasteiger charge is 2.14. The second-order valence-electron chi connectivity index (χ2n) is 6.34. The first kappa shape index (κ1) is 19.1. The Morgan fingerprint density at radius 2 is 1.88 bits per heavy atom. The maximum Gasteiger partial charge on any atom is 0.233 e. The van der Waals surface area contributed by atoms with Crippen LogP contribution in [0.4, 0.5) is 0 Å². The average Bonchev–Trinajstić information content (AvgIpc) is 2.88. The van der Waals surface area contributed by atoms with Gasteiger partial charge in [-0.05, 0) is 70.1 Å². The van der Waals surface area contributed by atoms with E-state index in [9.17, 15) is 4.79 Å². The highest BCUT2D eigenvalue weighted by molar-refractivity contribution is 8.00. The zero-order valence-corrected chi connectivity index (χ0v) is 15.7. The molecule has 1 saturated heterocycles. The summed E-state index contributed by atoms with van der Waals surface area (Å²) in [5.74, 6) is 0.955. The summed E-state index contributed by atoms with van der Waals surface area (Å²) in [4.78, 5) is 15.8. The number of methoxy groups -OCH3 is 1. The second-order valence-corrected chi connectivity index (χ2v) is 7.75. The van der Waals surface area contributed by atoms with E-state index < -0.39 is 0 Å². The molecule has 1 atom stereocenters. The van der Waals surface area contributed by atoms with Crippen LogP contribution in [0, 0.1) is 0 Å². The molecule has 5 heteroatoms. The van der Waals surface area contributed by atoms with E-state index in [0.717, 1.165) is 30.2 Å². The minimum Gasteiger partial charge on any atom is -0.497 e. The maximum absolute atomic E-state index is 12.2. The molecule has 1 heterocycles. The van der Waals surface area contributed by atoms with Gasteiger partial charge in [-0.3, -0.25) is 4.79 Å². The van der Waals surface area contributed by atoms with Crippen molar-refractivity contribution in [2.45, 2.75) is 49.2 Å². The van der Waals surface area contributed by atoms with Gasteiger partial charge in [-0.2, -0.15) is 0 Å². The Bertz CT molecular complexity index is 485. The molecule has 134 valence electrons. The van der Waals surface area contributed by atoms with Crippen molar-refractivity contribution in [2.24, 2.45) is 0 Å². The van der Waals surface area contributed by atoms with Crippen LogP contribution in [-0.2, 0) is 4.79 Å². The highest BCUT2D eigenvalue weighted by atomic mass is 32.2. The molecule has 0 aromatic heterocycles. The zero-order chi connectivity index (χ0) is 17.2. The summed E-state index contributed by atoms with van der Waals surface area (Å²) in [7, 11) is 1.66. The monoisotopic (exact) mass is 350 g/mol. The van der Waals surface area contributed by atoms with Crippen molar-refractivity contribution in [1.29, 1.82) is 0 Å². The fourth-order valence-corrected chi connectivity index (χ4v) is 3.82. The van der Waals surface area contributed by atoms with E-state index in [4.69, 9.17) is 4.74 Å². The molecule has 1 fully saturated rings. The molecule has 1 N–H and O–H groups in total. The average molecular weight is 351 g/mol. The minimum absolute atomic E-state index is 0.0865. The van der Waals surface area contributed by atoms with Gasteiger partial charge in [0.15, 0.2) is 0 Å². The van der Waals surface area contributed by atoms with Crippen LogP contribution in [-0.4, -0.2) is 49.3 Å². The summed E-state index contributed by atoms with van der Waals surface area (Å²) < 4.78 is 5.15. The normalized spacial score (nSPS) is 17.1. The van der Waals surface area contributed by atoms with Crippen molar-refractivity contribution in [2.75, 3.05) is 33.3 Å². The molecular formula is C19H30N2O2S. The number of benzene rings is 1. The topological polar surface area (TPSA) is 41.6 Å². The van der Waals surface area contributed by atoms with E-state index in [0.29, 0.717) is 0 Å². The molecular weight excluding hydrogens is 320 g/mol. The molecule has 1 aromatic carbocycles. The molecule has 4 nitrogen and oxygen atoms in total. The maximum atomic E-state index is 12.2. The van der Waals surface area contributed by atoms with E-state index in [-0.39, 0.29) is 11.2 Å². The van der Waals surface area contributed by atoms with Gasteiger partial charge in [-0.25, -0.2) is 0 Å². The lowest BCUT2D eigenvalue weighted by molar-refractivity contribution is -0.120. The number of hydrogen-bond acceptors (Lipinski definition) is 4. The van der Waals surface area contributed by atoms with Crippen LogP contribution in [0.3, 0.4) is 0 Å². The van der Waals surface area contributed by atoms with Crippen molar-refractivity contribution < 1.29 is 9.53 Å². The Hall–Kier alpha value is -1.20. The lowest BCUT2D eigenvalue weighted by atomic mass is 10.2. The van der Waals surface area contributed by atoms with Crippen LogP contribution in [0.15, 0.2) is 29.2 Å². The summed E-state index contributed by atoms with van der Waals surface area (Å²) in [5, 5.41) is 2.98. The number of nitrogens with one attached hydrogen (secondary N) is 1. The zero-order valence-electron chi connectivity index (χ0n) is 14.9. The summed E-state index contributed by atoms with van der Waals surface area (Å²) in [6.45, 7) is 6.26. The summed E-state index contributed by atoms with van der Waals surface area (Å²) in [6, 6.07) is 7.83. The van der Waals surface area contributed by atoms with E-state index >= 15 is 0 Å². The quantitative estimate of drug-likeness (QED) is 0.575. The number of thioether (sulfide) groups is 1. The van der Waals surface area contributed by atoms with Gasteiger partial charge in [0.2, 0.25) is 5.91 Å². The number of likely N-dealkylation sites (tertiary alicyclic amines) is 1. The van der Waals surface area contributed by atoms with Gasteiger partial charge in [0.25, 0.3) is 0 Å². The fraction of sp³-hybridized carbons (Fsp3) is 0.632. The van der Waals surface area contributed by atoms with Crippen LogP contribution < -0.4 is 10.1 Å². The molecule has 0 spiro atoms. The third-order valence-corrected chi connectivity index (χ3v) is 5.50. The largest absolute Gasteiger partial charge is 0.497 e. The van der Waals surface area contributed by atoms with Gasteiger partial charge < -0.3 is 15.0 Å². The lowest BCUT2D eigenvalue weighted by Gasteiger charge is -2.20. The number of nitrogens with zero attached hydrogens (tertiary/aromatic N) is 1. The van der Waals surface area contributed by atoms with E-state index in [2.05, 4.69) is 10.2 Å². The third kappa shape index (κ3) is 6.73. The second kappa shape index (κ2) is 10.6. The first-order valence-corrected chi connectivity index (χ1v) is 9.88. The molecule has 1 aliphatic heterocycles. The number of carbonyl (C=O) groups excluding carboxylic acids is 1. The minimum atomic E-state index is -0.0865. The SMILES string of the molecule is COc1ccc(SC(C)C(=O)NCCCN2CCCCCC2)cc1. The van der Waals surface area contributed by atoms with Gasteiger partial charge in [0.05, 0.1) is 12.4 Å². The molecule has 0 saturated carbocycles. The summed E-state index contributed by atoms with van der Waals surface area (Å²) >= 11 is 1.58. The Kier molecular flexibility index (Phi) is 8.47. The van der Waals surface area contributed by atoms with Crippen LogP contribution in [0.5, 0.6) is 5.75 Å². The molecule has 24 heavy (non-hydrogen) atoms. The Balaban J connectivity index is 1.63. The van der Waals surface area contributed by atoms with Crippen LogP contribution in [0.25, 0.3) is 0 Å². The number of carbonyl (C=O) groups is 1. The summed E-state index contributed by atoms with van der Waals surface area (Å²) in [5.41, 5.74) is 0. The van der Waals surface area contributed by atoms with E-state index in [1.54, 1.807) is 18.9 Å². The van der Waals surface area contributed by atoms with Crippen molar-refractivity contribution in [3.63, 3.8) is 0 Å². The molecule has 0 aliphatic carbocycles. The van der Waals surface area contributed by atoms with E-state index in [1.807, 2.05) is 31.2 Å². The van der Waals surface area contributed by atoms with Crippen LogP contribution >= 0.6 is 11.8 Å².